The standard InChI is InChI=1S/C17H26N4O4S/c1-19-8-10-20(11-9-19)16-7-6-15(21(22)23)12-17(16)26(24,25)18-13-14-4-2-3-5-14/h6-7,12,14,18H,2-5,8-11,13H2,1H3. The molecule has 3 rings (SSSR count). The lowest BCUT2D eigenvalue weighted by Gasteiger charge is -2.35. The first-order valence-electron chi connectivity index (χ1n) is 9.08. The van der Waals surface area contributed by atoms with Crippen molar-refractivity contribution in [1.29, 1.82) is 0 Å². The minimum Gasteiger partial charge on any atom is -0.368 e. The minimum atomic E-state index is -3.81. The van der Waals surface area contributed by atoms with E-state index in [0.29, 0.717) is 31.2 Å². The van der Waals surface area contributed by atoms with Crippen molar-refractivity contribution >= 4 is 21.4 Å². The van der Waals surface area contributed by atoms with E-state index >= 15 is 0 Å². The number of sulfonamides is 1. The molecule has 1 aromatic carbocycles. The van der Waals surface area contributed by atoms with Gasteiger partial charge in [0.15, 0.2) is 0 Å². The summed E-state index contributed by atoms with van der Waals surface area (Å²) in [5, 5.41) is 11.1. The van der Waals surface area contributed by atoms with Crippen LogP contribution in [0.5, 0.6) is 0 Å². The molecule has 2 fully saturated rings. The molecule has 26 heavy (non-hydrogen) atoms. The molecule has 1 heterocycles. The van der Waals surface area contributed by atoms with Gasteiger partial charge in [0, 0.05) is 44.9 Å². The van der Waals surface area contributed by atoms with Crippen LogP contribution >= 0.6 is 0 Å². The Kier molecular flexibility index (Phi) is 5.79. The zero-order valence-corrected chi connectivity index (χ0v) is 15.9. The fourth-order valence-electron chi connectivity index (χ4n) is 3.66. The summed E-state index contributed by atoms with van der Waals surface area (Å²) >= 11 is 0. The smallest absolute Gasteiger partial charge is 0.270 e. The zero-order chi connectivity index (χ0) is 18.7. The lowest BCUT2D eigenvalue weighted by molar-refractivity contribution is -0.385. The third-order valence-corrected chi connectivity index (χ3v) is 6.78. The summed E-state index contributed by atoms with van der Waals surface area (Å²) in [6.45, 7) is 3.43. The quantitative estimate of drug-likeness (QED) is 0.595. The van der Waals surface area contributed by atoms with E-state index in [4.69, 9.17) is 0 Å². The number of piperazine rings is 1. The van der Waals surface area contributed by atoms with Gasteiger partial charge in [-0.15, -0.1) is 0 Å². The Bertz CT molecular complexity index is 754. The Labute approximate surface area is 154 Å². The Morgan fingerprint density at radius 2 is 1.85 bits per heavy atom. The van der Waals surface area contributed by atoms with Crippen LogP contribution in [0.15, 0.2) is 23.1 Å². The van der Waals surface area contributed by atoms with Gasteiger partial charge in [-0.05, 0) is 31.9 Å². The van der Waals surface area contributed by atoms with E-state index in [1.807, 2.05) is 11.9 Å². The van der Waals surface area contributed by atoms with Crippen LogP contribution in [-0.4, -0.2) is 58.0 Å². The fourth-order valence-corrected chi connectivity index (χ4v) is 5.02. The Morgan fingerprint density at radius 1 is 1.19 bits per heavy atom. The molecule has 0 atom stereocenters. The maximum Gasteiger partial charge on any atom is 0.270 e. The van der Waals surface area contributed by atoms with Crippen molar-refractivity contribution in [2.75, 3.05) is 44.7 Å². The molecule has 2 aliphatic rings. The second-order valence-corrected chi connectivity index (χ2v) is 8.94. The molecule has 0 radical (unpaired) electrons. The molecule has 1 N–H and O–H groups in total. The van der Waals surface area contributed by atoms with Crippen molar-refractivity contribution in [2.24, 2.45) is 5.92 Å². The van der Waals surface area contributed by atoms with Crippen molar-refractivity contribution in [3.63, 3.8) is 0 Å². The van der Waals surface area contributed by atoms with Crippen LogP contribution in [0.25, 0.3) is 0 Å². The van der Waals surface area contributed by atoms with E-state index in [1.165, 1.54) is 12.1 Å². The Hall–Kier alpha value is -1.71. The molecule has 1 aliphatic heterocycles. The molecule has 0 aromatic heterocycles. The monoisotopic (exact) mass is 382 g/mol. The fraction of sp³-hybridized carbons (Fsp3) is 0.647. The number of hydrogen-bond donors (Lipinski definition) is 1. The number of nitro benzene ring substituents is 1. The Balaban J connectivity index is 1.88. The topological polar surface area (TPSA) is 95.8 Å². The maximum absolute atomic E-state index is 12.9. The molecule has 1 saturated heterocycles. The highest BCUT2D eigenvalue weighted by Crippen LogP contribution is 2.31. The minimum absolute atomic E-state index is 0.00856. The van der Waals surface area contributed by atoms with E-state index in [1.54, 1.807) is 6.07 Å². The number of nitro groups is 1. The van der Waals surface area contributed by atoms with Gasteiger partial charge < -0.3 is 9.80 Å². The van der Waals surface area contributed by atoms with Crippen LogP contribution < -0.4 is 9.62 Å². The summed E-state index contributed by atoms with van der Waals surface area (Å²) in [4.78, 5) is 14.8. The molecule has 1 saturated carbocycles. The average Bonchev–Trinajstić information content (AvgIpc) is 3.14. The third kappa shape index (κ3) is 4.33. The van der Waals surface area contributed by atoms with Gasteiger partial charge in [0.05, 0.1) is 10.6 Å². The number of benzene rings is 1. The molecule has 144 valence electrons. The summed E-state index contributed by atoms with van der Waals surface area (Å²) in [6, 6.07) is 4.13. The van der Waals surface area contributed by atoms with Gasteiger partial charge in [-0.3, -0.25) is 10.1 Å². The predicted molar refractivity (Wildman–Crippen MR) is 100.0 cm³/mol. The van der Waals surface area contributed by atoms with E-state index in [2.05, 4.69) is 9.62 Å². The maximum atomic E-state index is 12.9. The largest absolute Gasteiger partial charge is 0.368 e. The molecule has 1 aliphatic carbocycles. The van der Waals surface area contributed by atoms with Crippen LogP contribution in [0, 0.1) is 16.0 Å². The SMILES string of the molecule is CN1CCN(c2ccc([N+](=O)[O-])cc2S(=O)(=O)NCC2CCCC2)CC1. The lowest BCUT2D eigenvalue weighted by Crippen LogP contribution is -2.45. The first-order valence-corrected chi connectivity index (χ1v) is 10.6. The van der Waals surface area contributed by atoms with Crippen LogP contribution in [0.2, 0.25) is 0 Å². The van der Waals surface area contributed by atoms with Gasteiger partial charge in [0.1, 0.15) is 4.90 Å². The normalized spacial score (nSPS) is 19.8. The van der Waals surface area contributed by atoms with Gasteiger partial charge >= 0.3 is 0 Å². The number of anilines is 1. The van der Waals surface area contributed by atoms with Gasteiger partial charge in [-0.1, -0.05) is 12.8 Å². The van der Waals surface area contributed by atoms with Crippen molar-refractivity contribution < 1.29 is 13.3 Å². The summed E-state index contributed by atoms with van der Waals surface area (Å²) in [6.07, 6.45) is 4.33. The molecular weight excluding hydrogens is 356 g/mol. The molecule has 0 unspecified atom stereocenters. The van der Waals surface area contributed by atoms with E-state index in [-0.39, 0.29) is 10.6 Å². The van der Waals surface area contributed by atoms with Crippen LogP contribution in [0.1, 0.15) is 25.7 Å². The second-order valence-electron chi connectivity index (χ2n) is 7.20. The van der Waals surface area contributed by atoms with E-state index in [9.17, 15) is 18.5 Å². The van der Waals surface area contributed by atoms with Crippen molar-refractivity contribution in [1.82, 2.24) is 9.62 Å². The van der Waals surface area contributed by atoms with Crippen molar-refractivity contribution in [3.8, 4) is 0 Å². The van der Waals surface area contributed by atoms with Gasteiger partial charge in [0.2, 0.25) is 10.0 Å². The second kappa shape index (κ2) is 7.89. The average molecular weight is 382 g/mol. The number of nitrogens with one attached hydrogen (secondary N) is 1. The number of likely N-dealkylation sites (N-methyl/N-ethyl adjacent to an activating group) is 1. The van der Waals surface area contributed by atoms with E-state index < -0.39 is 14.9 Å². The highest BCUT2D eigenvalue weighted by molar-refractivity contribution is 7.89. The van der Waals surface area contributed by atoms with Crippen molar-refractivity contribution in [2.45, 2.75) is 30.6 Å². The summed E-state index contributed by atoms with van der Waals surface area (Å²) in [5.74, 6) is 0.357. The van der Waals surface area contributed by atoms with Gasteiger partial charge in [0.25, 0.3) is 5.69 Å². The zero-order valence-electron chi connectivity index (χ0n) is 15.1. The summed E-state index contributed by atoms with van der Waals surface area (Å²) in [7, 11) is -1.79. The van der Waals surface area contributed by atoms with Crippen LogP contribution in [0.3, 0.4) is 0 Å². The molecule has 8 nitrogen and oxygen atoms in total. The molecule has 1 aromatic rings. The molecule has 0 bridgehead atoms. The van der Waals surface area contributed by atoms with Crippen LogP contribution in [-0.2, 0) is 10.0 Å². The number of hydrogen-bond acceptors (Lipinski definition) is 6. The summed E-state index contributed by atoms with van der Waals surface area (Å²) < 4.78 is 28.5. The highest BCUT2D eigenvalue weighted by atomic mass is 32.2. The first kappa shape index (κ1) is 19.1. The van der Waals surface area contributed by atoms with Gasteiger partial charge in [-0.25, -0.2) is 13.1 Å². The first-order chi connectivity index (χ1) is 12.4. The molecule has 0 spiro atoms. The number of nitrogens with zero attached hydrogens (tertiary/aromatic N) is 3. The highest BCUT2D eigenvalue weighted by Gasteiger charge is 2.27. The lowest BCUT2D eigenvalue weighted by atomic mass is 10.1. The number of non-ortho nitro benzene ring substituents is 1. The third-order valence-electron chi connectivity index (χ3n) is 5.32. The molecule has 9 heteroatoms. The van der Waals surface area contributed by atoms with E-state index in [0.717, 1.165) is 38.8 Å². The van der Waals surface area contributed by atoms with Crippen LogP contribution in [0.4, 0.5) is 11.4 Å². The predicted octanol–water partition coefficient (Wildman–Crippen LogP) is 1.82. The number of rotatable bonds is 6. The van der Waals surface area contributed by atoms with Crippen molar-refractivity contribution in [3.05, 3.63) is 28.3 Å². The molecule has 0 amide bonds. The van der Waals surface area contributed by atoms with Gasteiger partial charge in [-0.2, -0.15) is 0 Å². The Morgan fingerprint density at radius 3 is 2.46 bits per heavy atom. The summed E-state index contributed by atoms with van der Waals surface area (Å²) in [5.41, 5.74) is 0.340. The molecular formula is C17H26N4O4S.